The Morgan fingerprint density at radius 2 is 1.00 bits per heavy atom. The van der Waals surface area contributed by atoms with Crippen molar-refractivity contribution in [2.75, 3.05) is 93.6 Å². The van der Waals surface area contributed by atoms with E-state index in [1.807, 2.05) is 24.3 Å². The van der Waals surface area contributed by atoms with Crippen LogP contribution in [0.5, 0.6) is 0 Å². The standard InChI is InChI=1S/2C25H33N5O/c2*1-18-13-20(22-7-6-19(14-26)25-23(22)5-4-10-27-25)16-29(15-18)17-24(31)30-11-8-21(9-12-30)28(2)3/h2*4-7,10,18,20-21H,8-9,11-13,15-17H2,1-3H3/t18-,20+;18-,20-/m11/s1. The summed E-state index contributed by atoms with van der Waals surface area (Å²) in [6.45, 7) is 12.7. The highest BCUT2D eigenvalue weighted by Gasteiger charge is 2.33. The lowest BCUT2D eigenvalue weighted by Gasteiger charge is -2.39. The molecular weight excluding hydrogens is 773 g/mol. The summed E-state index contributed by atoms with van der Waals surface area (Å²) in [6.07, 6.45) is 9.92. The third-order valence-corrected chi connectivity index (χ3v) is 14.0. The molecule has 0 unspecified atom stereocenters. The molecule has 328 valence electrons. The number of fused-ring (bicyclic) bond motifs is 2. The average molecular weight is 839 g/mol. The van der Waals surface area contributed by atoms with Crippen LogP contribution in [0.15, 0.2) is 60.9 Å². The van der Waals surface area contributed by atoms with Gasteiger partial charge in [-0.1, -0.05) is 38.1 Å². The zero-order valence-electron chi connectivity index (χ0n) is 37.8. The van der Waals surface area contributed by atoms with Crippen molar-refractivity contribution in [3.05, 3.63) is 83.2 Å². The number of amides is 2. The van der Waals surface area contributed by atoms with E-state index in [-0.39, 0.29) is 11.8 Å². The number of benzene rings is 2. The van der Waals surface area contributed by atoms with Crippen molar-refractivity contribution >= 4 is 33.6 Å². The SMILES string of the molecule is C[C@@H]1C[C@@H](c2ccc(C#N)c3ncccc23)CN(CC(=O)N2CCC(N(C)C)CC2)C1.C[C@@H]1C[C@H](c2ccc(C#N)c3ncccc23)CN(CC(=O)N2CCC(N(C)C)CC2)C1. The first-order valence-corrected chi connectivity index (χ1v) is 22.8. The maximum atomic E-state index is 13.0. The molecule has 62 heavy (non-hydrogen) atoms. The zero-order valence-corrected chi connectivity index (χ0v) is 37.8. The number of hydrogen-bond donors (Lipinski definition) is 0. The van der Waals surface area contributed by atoms with Gasteiger partial charge >= 0.3 is 0 Å². The van der Waals surface area contributed by atoms with E-state index in [1.54, 1.807) is 12.4 Å². The number of carbonyl (C=O) groups is 2. The number of likely N-dealkylation sites (tertiary alicyclic amines) is 4. The molecule has 12 heteroatoms. The van der Waals surface area contributed by atoms with Crippen molar-refractivity contribution in [1.82, 2.24) is 39.4 Å². The predicted octanol–water partition coefficient (Wildman–Crippen LogP) is 6.17. The summed E-state index contributed by atoms with van der Waals surface area (Å²) in [5.41, 5.74) is 5.31. The van der Waals surface area contributed by atoms with Crippen LogP contribution in [0.25, 0.3) is 21.8 Å². The van der Waals surface area contributed by atoms with E-state index in [1.165, 1.54) is 11.1 Å². The van der Waals surface area contributed by atoms with Gasteiger partial charge < -0.3 is 19.6 Å². The van der Waals surface area contributed by atoms with Gasteiger partial charge in [0.05, 0.1) is 35.2 Å². The summed E-state index contributed by atoms with van der Waals surface area (Å²) < 4.78 is 0. The molecule has 2 aromatic carbocycles. The highest BCUT2D eigenvalue weighted by molar-refractivity contribution is 5.88. The van der Waals surface area contributed by atoms with Crippen LogP contribution >= 0.6 is 0 Å². The van der Waals surface area contributed by atoms with Crippen LogP contribution in [0.3, 0.4) is 0 Å². The number of pyridine rings is 2. The van der Waals surface area contributed by atoms with Gasteiger partial charge in [-0.15, -0.1) is 0 Å². The predicted molar refractivity (Wildman–Crippen MR) is 245 cm³/mol. The first-order valence-electron chi connectivity index (χ1n) is 22.8. The number of nitrogens with zero attached hydrogens (tertiary/aromatic N) is 10. The van der Waals surface area contributed by atoms with Crippen molar-refractivity contribution in [3.8, 4) is 12.1 Å². The molecule has 0 radical (unpaired) electrons. The molecule has 0 spiro atoms. The highest BCUT2D eigenvalue weighted by Crippen LogP contribution is 2.36. The lowest BCUT2D eigenvalue weighted by Crippen LogP contribution is -2.49. The average Bonchev–Trinajstić information content (AvgIpc) is 3.28. The third-order valence-electron chi connectivity index (χ3n) is 14.0. The van der Waals surface area contributed by atoms with Crippen LogP contribution in [0, 0.1) is 34.5 Å². The number of rotatable bonds is 8. The van der Waals surface area contributed by atoms with Crippen molar-refractivity contribution in [3.63, 3.8) is 0 Å². The summed E-state index contributed by atoms with van der Waals surface area (Å²) in [4.78, 5) is 48.3. The van der Waals surface area contributed by atoms with E-state index < -0.39 is 0 Å². The van der Waals surface area contributed by atoms with Gasteiger partial charge in [0.15, 0.2) is 0 Å². The zero-order chi connectivity index (χ0) is 43.9. The molecule has 4 aliphatic rings. The molecule has 4 aliphatic heterocycles. The molecule has 0 bridgehead atoms. The molecule has 4 fully saturated rings. The molecule has 2 aromatic heterocycles. The summed E-state index contributed by atoms with van der Waals surface area (Å²) in [5.74, 6) is 2.25. The molecule has 4 aromatic rings. The van der Waals surface area contributed by atoms with Gasteiger partial charge in [-0.25, -0.2) is 0 Å². The van der Waals surface area contributed by atoms with Gasteiger partial charge in [-0.05, 0) is 126 Å². The molecule has 6 heterocycles. The minimum atomic E-state index is 0.261. The summed E-state index contributed by atoms with van der Waals surface area (Å²) in [5, 5.41) is 21.0. The smallest absolute Gasteiger partial charge is 0.236 e. The van der Waals surface area contributed by atoms with E-state index in [0.29, 0.717) is 60.0 Å². The third kappa shape index (κ3) is 10.6. The minimum Gasteiger partial charge on any atom is -0.341 e. The van der Waals surface area contributed by atoms with E-state index in [0.717, 1.165) is 113 Å². The summed E-state index contributed by atoms with van der Waals surface area (Å²) in [6, 6.07) is 21.7. The number of piperidine rings is 4. The van der Waals surface area contributed by atoms with Crippen LogP contribution in [0.2, 0.25) is 0 Å². The minimum absolute atomic E-state index is 0.261. The van der Waals surface area contributed by atoms with Crippen molar-refractivity contribution in [2.24, 2.45) is 11.8 Å². The quantitative estimate of drug-likeness (QED) is 0.204. The molecule has 0 saturated carbocycles. The lowest BCUT2D eigenvalue weighted by molar-refractivity contribution is -0.135. The first kappa shape index (κ1) is 45.1. The van der Waals surface area contributed by atoms with Crippen LogP contribution < -0.4 is 0 Å². The molecule has 8 rings (SSSR count). The fourth-order valence-corrected chi connectivity index (χ4v) is 10.8. The molecule has 12 nitrogen and oxygen atoms in total. The van der Waals surface area contributed by atoms with Gasteiger partial charge in [0, 0.05) is 87.6 Å². The lowest BCUT2D eigenvalue weighted by atomic mass is 9.83. The molecular formula is C50H66N10O2. The Kier molecular flexibility index (Phi) is 14.9. The summed E-state index contributed by atoms with van der Waals surface area (Å²) >= 11 is 0. The van der Waals surface area contributed by atoms with E-state index in [9.17, 15) is 20.1 Å². The maximum absolute atomic E-state index is 13.0. The maximum Gasteiger partial charge on any atom is 0.236 e. The molecule has 0 aliphatic carbocycles. The Bertz CT molecular complexity index is 2110. The van der Waals surface area contributed by atoms with Gasteiger partial charge in [-0.3, -0.25) is 29.4 Å². The Morgan fingerprint density at radius 1 is 0.613 bits per heavy atom. The van der Waals surface area contributed by atoms with Gasteiger partial charge in [0.1, 0.15) is 12.1 Å². The fraction of sp³-hybridized carbons (Fsp3) is 0.560. The van der Waals surface area contributed by atoms with Crippen LogP contribution in [0.1, 0.15) is 86.5 Å². The monoisotopic (exact) mass is 839 g/mol. The molecule has 4 atom stereocenters. The Morgan fingerprint density at radius 3 is 1.35 bits per heavy atom. The molecule has 0 N–H and O–H groups in total. The Hall–Kier alpha value is -4.98. The van der Waals surface area contributed by atoms with Gasteiger partial charge in [0.25, 0.3) is 0 Å². The molecule has 4 saturated heterocycles. The highest BCUT2D eigenvalue weighted by atomic mass is 16.2. The second-order valence-corrected chi connectivity index (χ2v) is 19.0. The number of carbonyl (C=O) groups excluding carboxylic acids is 2. The topological polar surface area (TPSA) is 127 Å². The van der Waals surface area contributed by atoms with E-state index >= 15 is 0 Å². The Labute approximate surface area is 369 Å². The number of aromatic nitrogens is 2. The van der Waals surface area contributed by atoms with Crippen molar-refractivity contribution < 1.29 is 9.59 Å². The Balaban J connectivity index is 0.000000186. The van der Waals surface area contributed by atoms with Crippen LogP contribution in [0.4, 0.5) is 0 Å². The van der Waals surface area contributed by atoms with Crippen molar-refractivity contribution in [2.45, 2.75) is 76.3 Å². The van der Waals surface area contributed by atoms with E-state index in [4.69, 9.17) is 0 Å². The van der Waals surface area contributed by atoms with Crippen LogP contribution in [-0.4, -0.2) is 157 Å². The second kappa shape index (κ2) is 20.5. The van der Waals surface area contributed by atoms with E-state index in [2.05, 4.69) is 118 Å². The molecule has 2 amide bonds. The van der Waals surface area contributed by atoms with Crippen molar-refractivity contribution in [1.29, 1.82) is 10.5 Å². The largest absolute Gasteiger partial charge is 0.341 e. The normalized spacial score (nSPS) is 23.3. The fourth-order valence-electron chi connectivity index (χ4n) is 10.8. The number of hydrogen-bond acceptors (Lipinski definition) is 10. The van der Waals surface area contributed by atoms with Gasteiger partial charge in [-0.2, -0.15) is 10.5 Å². The summed E-state index contributed by atoms with van der Waals surface area (Å²) in [7, 11) is 8.50. The second-order valence-electron chi connectivity index (χ2n) is 19.0. The number of nitriles is 2. The van der Waals surface area contributed by atoms with Crippen LogP contribution in [-0.2, 0) is 9.59 Å². The van der Waals surface area contributed by atoms with Gasteiger partial charge in [0.2, 0.25) is 11.8 Å². The first-order chi connectivity index (χ1) is 29.9.